The molecule has 1 aliphatic rings. The predicted molar refractivity (Wildman–Crippen MR) is 84.1 cm³/mol. The van der Waals surface area contributed by atoms with Crippen molar-refractivity contribution >= 4 is 6.08 Å². The Morgan fingerprint density at radius 1 is 1.05 bits per heavy atom. The van der Waals surface area contributed by atoms with Crippen molar-refractivity contribution in [1.29, 1.82) is 0 Å². The summed E-state index contributed by atoms with van der Waals surface area (Å²) < 4.78 is 5.23. The summed E-state index contributed by atoms with van der Waals surface area (Å²) in [4.78, 5) is 0. The number of rotatable bonds is 3. The molecule has 0 heterocycles. The summed E-state index contributed by atoms with van der Waals surface area (Å²) in [7, 11) is 1.69. The molecule has 2 unspecified atom stereocenters. The van der Waals surface area contributed by atoms with E-state index in [2.05, 4.69) is 61.2 Å². The molecule has 0 spiro atoms. The van der Waals surface area contributed by atoms with Gasteiger partial charge < -0.3 is 4.74 Å². The van der Waals surface area contributed by atoms with Gasteiger partial charge in [0.25, 0.3) is 0 Å². The van der Waals surface area contributed by atoms with Gasteiger partial charge in [-0.25, -0.2) is 0 Å². The molecule has 0 aliphatic heterocycles. The minimum Gasteiger partial charge on any atom is -0.497 e. The van der Waals surface area contributed by atoms with Gasteiger partial charge in [-0.15, -0.1) is 6.58 Å². The van der Waals surface area contributed by atoms with E-state index in [4.69, 9.17) is 4.74 Å². The number of fused-ring (bicyclic) bond motifs is 1. The first-order chi connectivity index (χ1) is 9.83. The average molecular weight is 262 g/mol. The summed E-state index contributed by atoms with van der Waals surface area (Å²) in [5, 5.41) is 0. The Kier molecular flexibility index (Phi) is 3.42. The maximum Gasteiger partial charge on any atom is 0.118 e. The molecular weight excluding hydrogens is 244 g/mol. The molecule has 1 nitrogen and oxygen atoms in total. The molecule has 0 amide bonds. The van der Waals surface area contributed by atoms with Gasteiger partial charge in [0.2, 0.25) is 0 Å². The highest BCUT2D eigenvalue weighted by atomic mass is 16.5. The van der Waals surface area contributed by atoms with Crippen LogP contribution in [0.5, 0.6) is 5.75 Å². The molecule has 0 saturated carbocycles. The van der Waals surface area contributed by atoms with E-state index in [1.165, 1.54) is 16.7 Å². The van der Waals surface area contributed by atoms with Crippen LogP contribution in [0, 0.1) is 0 Å². The van der Waals surface area contributed by atoms with E-state index in [1.807, 2.05) is 12.1 Å². The molecular formula is C19H18O. The lowest BCUT2D eigenvalue weighted by molar-refractivity contribution is 0.414. The van der Waals surface area contributed by atoms with Crippen molar-refractivity contribution in [3.05, 3.63) is 84.0 Å². The van der Waals surface area contributed by atoms with E-state index in [9.17, 15) is 0 Å². The molecule has 0 radical (unpaired) electrons. The summed E-state index contributed by atoms with van der Waals surface area (Å²) in [6.07, 6.45) is 6.54. The zero-order valence-electron chi connectivity index (χ0n) is 11.6. The first kappa shape index (κ1) is 12.7. The maximum absolute atomic E-state index is 5.23. The minimum absolute atomic E-state index is 0.324. The van der Waals surface area contributed by atoms with Crippen LogP contribution in [0.25, 0.3) is 6.08 Å². The van der Waals surface area contributed by atoms with Crippen LogP contribution in [0.3, 0.4) is 0 Å². The smallest absolute Gasteiger partial charge is 0.118 e. The Labute approximate surface area is 120 Å². The fourth-order valence-corrected chi connectivity index (χ4v) is 2.90. The third-order valence-corrected chi connectivity index (χ3v) is 3.98. The molecule has 0 fully saturated rings. The van der Waals surface area contributed by atoms with Gasteiger partial charge in [0.05, 0.1) is 7.11 Å². The van der Waals surface area contributed by atoms with Gasteiger partial charge in [-0.3, -0.25) is 0 Å². The number of ether oxygens (including phenoxy) is 1. The Morgan fingerprint density at radius 2 is 1.80 bits per heavy atom. The quantitative estimate of drug-likeness (QED) is 0.724. The molecule has 0 N–H and O–H groups in total. The van der Waals surface area contributed by atoms with Crippen LogP contribution in [0.15, 0.2) is 67.3 Å². The van der Waals surface area contributed by atoms with Gasteiger partial charge in [-0.05, 0) is 28.8 Å². The highest BCUT2D eigenvalue weighted by Gasteiger charge is 2.24. The molecule has 100 valence electrons. The normalized spacial score (nSPS) is 20.2. The predicted octanol–water partition coefficient (Wildman–Crippen LogP) is 4.78. The number of hydrogen-bond acceptors (Lipinski definition) is 1. The van der Waals surface area contributed by atoms with E-state index < -0.39 is 0 Å². The standard InChI is InChI=1S/C19H18O/c1-3-17-18-7-5-4-6-14(18)10-13-19(17)15-8-11-16(20-2)12-9-15/h3-13,17,19H,1H2,2H3. The largest absolute Gasteiger partial charge is 0.497 e. The minimum atomic E-state index is 0.324. The van der Waals surface area contributed by atoms with E-state index in [0.717, 1.165) is 5.75 Å². The van der Waals surface area contributed by atoms with Crippen LogP contribution >= 0.6 is 0 Å². The lowest BCUT2D eigenvalue weighted by Crippen LogP contribution is -2.11. The Balaban J connectivity index is 2.00. The molecule has 2 atom stereocenters. The van der Waals surface area contributed by atoms with E-state index >= 15 is 0 Å². The lowest BCUT2D eigenvalue weighted by atomic mass is 9.76. The topological polar surface area (TPSA) is 9.23 Å². The monoisotopic (exact) mass is 262 g/mol. The van der Waals surface area contributed by atoms with Gasteiger partial charge in [0, 0.05) is 11.8 Å². The first-order valence-electron chi connectivity index (χ1n) is 6.87. The molecule has 1 aliphatic carbocycles. The van der Waals surface area contributed by atoms with Gasteiger partial charge in [-0.1, -0.05) is 54.6 Å². The Morgan fingerprint density at radius 3 is 2.50 bits per heavy atom. The zero-order chi connectivity index (χ0) is 13.9. The van der Waals surface area contributed by atoms with Crippen LogP contribution in [-0.2, 0) is 0 Å². The second-order valence-corrected chi connectivity index (χ2v) is 5.05. The molecule has 0 saturated heterocycles. The molecule has 3 rings (SSSR count). The fraction of sp³-hybridized carbons (Fsp3) is 0.158. The molecule has 0 bridgehead atoms. The molecule has 20 heavy (non-hydrogen) atoms. The highest BCUT2D eigenvalue weighted by Crippen LogP contribution is 2.41. The van der Waals surface area contributed by atoms with Gasteiger partial charge >= 0.3 is 0 Å². The van der Waals surface area contributed by atoms with Crippen molar-refractivity contribution in [2.24, 2.45) is 0 Å². The fourth-order valence-electron chi connectivity index (χ4n) is 2.90. The van der Waals surface area contributed by atoms with Crippen LogP contribution in [0.4, 0.5) is 0 Å². The summed E-state index contributed by atoms with van der Waals surface area (Å²) in [6.45, 7) is 4.03. The molecule has 2 aromatic carbocycles. The third-order valence-electron chi connectivity index (χ3n) is 3.98. The average Bonchev–Trinajstić information content (AvgIpc) is 2.54. The van der Waals surface area contributed by atoms with Crippen molar-refractivity contribution in [3.63, 3.8) is 0 Å². The van der Waals surface area contributed by atoms with Crippen LogP contribution in [0.1, 0.15) is 28.5 Å². The van der Waals surface area contributed by atoms with Crippen molar-refractivity contribution in [2.75, 3.05) is 7.11 Å². The van der Waals surface area contributed by atoms with Crippen molar-refractivity contribution < 1.29 is 4.74 Å². The number of benzene rings is 2. The highest BCUT2D eigenvalue weighted by molar-refractivity contribution is 5.61. The summed E-state index contributed by atoms with van der Waals surface area (Å²) in [5.41, 5.74) is 3.94. The van der Waals surface area contributed by atoms with Crippen molar-refractivity contribution in [2.45, 2.75) is 11.8 Å². The van der Waals surface area contributed by atoms with Crippen LogP contribution < -0.4 is 4.74 Å². The first-order valence-corrected chi connectivity index (χ1v) is 6.87. The third kappa shape index (κ3) is 2.16. The van der Waals surface area contributed by atoms with Crippen LogP contribution in [-0.4, -0.2) is 7.11 Å². The molecule has 2 aromatic rings. The van der Waals surface area contributed by atoms with Crippen molar-refractivity contribution in [1.82, 2.24) is 0 Å². The van der Waals surface area contributed by atoms with E-state index in [0.29, 0.717) is 11.8 Å². The summed E-state index contributed by atoms with van der Waals surface area (Å²) in [6, 6.07) is 16.8. The number of methoxy groups -OCH3 is 1. The van der Waals surface area contributed by atoms with Crippen LogP contribution in [0.2, 0.25) is 0 Å². The Bertz CT molecular complexity index is 637. The molecule has 1 heteroatoms. The Hall–Kier alpha value is -2.28. The van der Waals surface area contributed by atoms with E-state index in [1.54, 1.807) is 7.11 Å². The summed E-state index contributed by atoms with van der Waals surface area (Å²) in [5.74, 6) is 1.56. The zero-order valence-corrected chi connectivity index (χ0v) is 11.6. The van der Waals surface area contributed by atoms with Gasteiger partial charge in [0.15, 0.2) is 0 Å². The SMILES string of the molecule is C=CC1c2ccccc2C=CC1c1ccc(OC)cc1. The van der Waals surface area contributed by atoms with E-state index in [-0.39, 0.29) is 0 Å². The van der Waals surface area contributed by atoms with Gasteiger partial charge in [-0.2, -0.15) is 0 Å². The number of allylic oxidation sites excluding steroid dienone is 2. The molecule has 0 aromatic heterocycles. The summed E-state index contributed by atoms with van der Waals surface area (Å²) >= 11 is 0. The van der Waals surface area contributed by atoms with Crippen molar-refractivity contribution in [3.8, 4) is 5.75 Å². The maximum atomic E-state index is 5.23. The van der Waals surface area contributed by atoms with Gasteiger partial charge in [0.1, 0.15) is 5.75 Å². The number of hydrogen-bond donors (Lipinski definition) is 0. The second kappa shape index (κ2) is 5.38. The second-order valence-electron chi connectivity index (χ2n) is 5.05. The lowest BCUT2D eigenvalue weighted by Gasteiger charge is -2.28.